The Morgan fingerprint density at radius 1 is 1.13 bits per heavy atom. The first-order valence-electron chi connectivity index (χ1n) is 7.65. The van der Waals surface area contributed by atoms with E-state index < -0.39 is 0 Å². The minimum Gasteiger partial charge on any atom is -0.356 e. The fourth-order valence-electron chi connectivity index (χ4n) is 2.48. The second-order valence-electron chi connectivity index (χ2n) is 5.43. The van der Waals surface area contributed by atoms with Crippen LogP contribution in [0.5, 0.6) is 0 Å². The second kappa shape index (κ2) is 7.05. The van der Waals surface area contributed by atoms with E-state index in [-0.39, 0.29) is 11.7 Å². The number of amides is 1. The number of carbonyl (C=O) groups is 1. The van der Waals surface area contributed by atoms with E-state index in [1.807, 2.05) is 30.3 Å². The maximum absolute atomic E-state index is 13.1. The summed E-state index contributed by atoms with van der Waals surface area (Å²) in [6, 6.07) is 14.2. The van der Waals surface area contributed by atoms with Crippen molar-refractivity contribution in [1.29, 1.82) is 0 Å². The van der Waals surface area contributed by atoms with Gasteiger partial charge in [-0.05, 0) is 36.2 Å². The number of halogens is 1. The molecule has 0 unspecified atom stereocenters. The third-order valence-electron chi connectivity index (χ3n) is 3.65. The molecule has 0 saturated heterocycles. The van der Waals surface area contributed by atoms with Gasteiger partial charge >= 0.3 is 0 Å². The molecule has 0 saturated carbocycles. The molecule has 5 heteroatoms. The molecule has 1 heterocycles. The van der Waals surface area contributed by atoms with Crippen LogP contribution in [0.4, 0.5) is 4.39 Å². The summed E-state index contributed by atoms with van der Waals surface area (Å²) in [6.45, 7) is 0.530. The molecule has 0 spiro atoms. The van der Waals surface area contributed by atoms with Crippen LogP contribution in [0.25, 0.3) is 11.0 Å². The number of hydrogen-bond acceptors (Lipinski definition) is 2. The van der Waals surface area contributed by atoms with Crippen molar-refractivity contribution in [3.05, 3.63) is 65.7 Å². The Morgan fingerprint density at radius 2 is 2.00 bits per heavy atom. The minimum absolute atomic E-state index is 0.0367. The summed E-state index contributed by atoms with van der Waals surface area (Å²) in [5, 5.41) is 2.87. The number of imidazole rings is 1. The SMILES string of the molecule is O=C(CCc1cccc(F)c1)NCCc1nc2ccccc2[nH]1. The largest absolute Gasteiger partial charge is 0.356 e. The molecule has 1 aromatic heterocycles. The number of fused-ring (bicyclic) bond motifs is 1. The van der Waals surface area contributed by atoms with E-state index in [1.165, 1.54) is 12.1 Å². The molecule has 0 fully saturated rings. The van der Waals surface area contributed by atoms with Crippen LogP contribution in [0.1, 0.15) is 17.8 Å². The molecule has 2 aromatic carbocycles. The Morgan fingerprint density at radius 3 is 2.83 bits per heavy atom. The number of rotatable bonds is 6. The van der Waals surface area contributed by atoms with E-state index in [0.29, 0.717) is 25.8 Å². The van der Waals surface area contributed by atoms with Crippen LogP contribution in [0.2, 0.25) is 0 Å². The van der Waals surface area contributed by atoms with E-state index in [4.69, 9.17) is 0 Å². The van der Waals surface area contributed by atoms with Gasteiger partial charge in [-0.15, -0.1) is 0 Å². The van der Waals surface area contributed by atoms with Crippen LogP contribution in [0, 0.1) is 5.82 Å². The van der Waals surface area contributed by atoms with E-state index in [0.717, 1.165) is 22.4 Å². The van der Waals surface area contributed by atoms with Gasteiger partial charge < -0.3 is 10.3 Å². The highest BCUT2D eigenvalue weighted by Gasteiger charge is 2.05. The lowest BCUT2D eigenvalue weighted by Gasteiger charge is -2.04. The first-order chi connectivity index (χ1) is 11.2. The fourth-order valence-corrected chi connectivity index (χ4v) is 2.48. The smallest absolute Gasteiger partial charge is 0.220 e. The first-order valence-corrected chi connectivity index (χ1v) is 7.65. The predicted molar refractivity (Wildman–Crippen MR) is 87.5 cm³/mol. The standard InChI is InChI=1S/C18H18FN3O/c19-14-5-3-4-13(12-14)8-9-18(23)20-11-10-17-21-15-6-1-2-7-16(15)22-17/h1-7,12H,8-11H2,(H,20,23)(H,21,22). The van der Waals surface area contributed by atoms with Gasteiger partial charge in [0.25, 0.3) is 0 Å². The maximum Gasteiger partial charge on any atom is 0.220 e. The molecule has 2 N–H and O–H groups in total. The minimum atomic E-state index is -0.271. The van der Waals surface area contributed by atoms with Crippen molar-refractivity contribution in [2.75, 3.05) is 6.54 Å². The third-order valence-corrected chi connectivity index (χ3v) is 3.65. The van der Waals surface area contributed by atoms with Crippen molar-refractivity contribution in [2.45, 2.75) is 19.3 Å². The second-order valence-corrected chi connectivity index (χ2v) is 5.43. The Balaban J connectivity index is 1.44. The lowest BCUT2D eigenvalue weighted by atomic mass is 10.1. The highest BCUT2D eigenvalue weighted by molar-refractivity contribution is 5.76. The number of nitrogens with one attached hydrogen (secondary N) is 2. The monoisotopic (exact) mass is 311 g/mol. The molecular formula is C18H18FN3O. The van der Waals surface area contributed by atoms with E-state index in [2.05, 4.69) is 15.3 Å². The zero-order valence-corrected chi connectivity index (χ0v) is 12.7. The van der Waals surface area contributed by atoms with Crippen molar-refractivity contribution >= 4 is 16.9 Å². The lowest BCUT2D eigenvalue weighted by molar-refractivity contribution is -0.121. The number of aromatic nitrogens is 2. The summed E-state index contributed by atoms with van der Waals surface area (Å²) in [6.07, 6.45) is 1.54. The average molecular weight is 311 g/mol. The third kappa shape index (κ3) is 4.16. The van der Waals surface area contributed by atoms with Gasteiger partial charge in [0.1, 0.15) is 11.6 Å². The van der Waals surface area contributed by atoms with Gasteiger partial charge in [0, 0.05) is 19.4 Å². The number of nitrogens with zero attached hydrogens (tertiary/aromatic N) is 1. The summed E-state index contributed by atoms with van der Waals surface area (Å²) in [5.74, 6) is 0.551. The van der Waals surface area contributed by atoms with Crippen LogP contribution in [0.3, 0.4) is 0 Å². The molecule has 23 heavy (non-hydrogen) atoms. The van der Waals surface area contributed by atoms with Crippen molar-refractivity contribution in [2.24, 2.45) is 0 Å². The predicted octanol–water partition coefficient (Wildman–Crippen LogP) is 2.99. The fraction of sp³-hybridized carbons (Fsp3) is 0.222. The summed E-state index contributed by atoms with van der Waals surface area (Å²) in [5.41, 5.74) is 2.76. The molecule has 3 aromatic rings. The van der Waals surface area contributed by atoms with E-state index in [1.54, 1.807) is 6.07 Å². The molecule has 0 aliphatic heterocycles. The molecule has 0 bridgehead atoms. The molecule has 0 atom stereocenters. The van der Waals surface area contributed by atoms with E-state index in [9.17, 15) is 9.18 Å². The number of aryl methyl sites for hydroxylation is 1. The normalized spacial score (nSPS) is 10.8. The number of benzene rings is 2. The summed E-state index contributed by atoms with van der Waals surface area (Å²) in [4.78, 5) is 19.5. The molecule has 4 nitrogen and oxygen atoms in total. The highest BCUT2D eigenvalue weighted by Crippen LogP contribution is 2.10. The number of hydrogen-bond donors (Lipinski definition) is 2. The van der Waals surface area contributed by atoms with Gasteiger partial charge in [0.2, 0.25) is 5.91 Å². The zero-order valence-electron chi connectivity index (χ0n) is 12.7. The van der Waals surface area contributed by atoms with Gasteiger partial charge in [0.15, 0.2) is 0 Å². The van der Waals surface area contributed by atoms with Crippen LogP contribution >= 0.6 is 0 Å². The number of carbonyl (C=O) groups excluding carboxylic acids is 1. The number of H-pyrrole nitrogens is 1. The Bertz CT molecular complexity index is 780. The summed E-state index contributed by atoms with van der Waals surface area (Å²) >= 11 is 0. The zero-order chi connectivity index (χ0) is 16.1. The highest BCUT2D eigenvalue weighted by atomic mass is 19.1. The first kappa shape index (κ1) is 15.2. The molecule has 0 radical (unpaired) electrons. The lowest BCUT2D eigenvalue weighted by Crippen LogP contribution is -2.26. The van der Waals surface area contributed by atoms with Crippen molar-refractivity contribution < 1.29 is 9.18 Å². The molecular weight excluding hydrogens is 293 g/mol. The van der Waals surface area contributed by atoms with Crippen molar-refractivity contribution in [3.63, 3.8) is 0 Å². The molecule has 3 rings (SSSR count). The topological polar surface area (TPSA) is 57.8 Å². The Labute approximate surface area is 133 Å². The Hall–Kier alpha value is -2.69. The van der Waals surface area contributed by atoms with Crippen LogP contribution < -0.4 is 5.32 Å². The van der Waals surface area contributed by atoms with Gasteiger partial charge in [-0.3, -0.25) is 4.79 Å². The molecule has 1 amide bonds. The van der Waals surface area contributed by atoms with Crippen LogP contribution in [-0.4, -0.2) is 22.4 Å². The van der Waals surface area contributed by atoms with Gasteiger partial charge in [0.05, 0.1) is 11.0 Å². The van der Waals surface area contributed by atoms with E-state index >= 15 is 0 Å². The van der Waals surface area contributed by atoms with Crippen molar-refractivity contribution in [3.8, 4) is 0 Å². The van der Waals surface area contributed by atoms with Gasteiger partial charge in [-0.2, -0.15) is 0 Å². The summed E-state index contributed by atoms with van der Waals surface area (Å²) < 4.78 is 13.1. The molecule has 0 aliphatic carbocycles. The number of aromatic amines is 1. The average Bonchev–Trinajstić information content (AvgIpc) is 2.96. The number of para-hydroxylation sites is 2. The van der Waals surface area contributed by atoms with Crippen molar-refractivity contribution in [1.82, 2.24) is 15.3 Å². The summed E-state index contributed by atoms with van der Waals surface area (Å²) in [7, 11) is 0. The molecule has 118 valence electrons. The van der Waals surface area contributed by atoms with Gasteiger partial charge in [-0.1, -0.05) is 24.3 Å². The quantitative estimate of drug-likeness (QED) is 0.735. The Kier molecular flexibility index (Phi) is 4.66. The van der Waals surface area contributed by atoms with Crippen LogP contribution in [-0.2, 0) is 17.6 Å². The van der Waals surface area contributed by atoms with Gasteiger partial charge in [-0.25, -0.2) is 9.37 Å². The van der Waals surface area contributed by atoms with Crippen LogP contribution in [0.15, 0.2) is 48.5 Å². The molecule has 0 aliphatic rings. The maximum atomic E-state index is 13.1.